The summed E-state index contributed by atoms with van der Waals surface area (Å²) in [5.74, 6) is 1.41. The second-order valence-corrected chi connectivity index (χ2v) is 9.92. The maximum absolute atomic E-state index is 13.0. The van der Waals surface area contributed by atoms with Gasteiger partial charge in [-0.05, 0) is 73.6 Å². The molecule has 0 saturated carbocycles. The largest absolute Gasteiger partial charge is 0.494 e. The molecule has 1 amide bonds. The quantitative estimate of drug-likeness (QED) is 0.439. The highest BCUT2D eigenvalue weighted by atomic mass is 16.5. The molecule has 1 aliphatic heterocycles. The van der Waals surface area contributed by atoms with E-state index in [1.807, 2.05) is 43.3 Å². The molecule has 0 bridgehead atoms. The van der Waals surface area contributed by atoms with Gasteiger partial charge in [0.1, 0.15) is 11.6 Å². The van der Waals surface area contributed by atoms with Crippen molar-refractivity contribution >= 4 is 17.5 Å². The number of allylic oxidation sites excluding steroid dienone is 1. The molecule has 35 heavy (non-hydrogen) atoms. The number of amidine groups is 1. The second-order valence-electron chi connectivity index (χ2n) is 9.92. The Morgan fingerprint density at radius 3 is 2.40 bits per heavy atom. The third-order valence-corrected chi connectivity index (χ3v) is 6.08. The number of ketones is 1. The van der Waals surface area contributed by atoms with Gasteiger partial charge in [-0.25, -0.2) is 0 Å². The first kappa shape index (κ1) is 26.2. The van der Waals surface area contributed by atoms with E-state index in [1.54, 1.807) is 18.2 Å². The van der Waals surface area contributed by atoms with Crippen LogP contribution in [0.5, 0.6) is 5.75 Å². The highest BCUT2D eigenvalue weighted by Gasteiger charge is 2.36. The molecule has 2 aromatic rings. The van der Waals surface area contributed by atoms with Gasteiger partial charge in [-0.2, -0.15) is 0 Å². The van der Waals surface area contributed by atoms with Crippen molar-refractivity contribution in [3.63, 3.8) is 0 Å². The van der Waals surface area contributed by atoms with Crippen LogP contribution < -0.4 is 15.4 Å². The van der Waals surface area contributed by atoms with Crippen molar-refractivity contribution in [2.45, 2.75) is 65.5 Å². The van der Waals surface area contributed by atoms with Crippen molar-refractivity contribution in [2.75, 3.05) is 6.61 Å². The van der Waals surface area contributed by atoms with Crippen molar-refractivity contribution in [3.05, 3.63) is 76.9 Å². The molecule has 0 aromatic heterocycles. The van der Waals surface area contributed by atoms with Crippen LogP contribution in [-0.2, 0) is 17.8 Å². The fourth-order valence-electron chi connectivity index (χ4n) is 4.40. The van der Waals surface area contributed by atoms with Crippen molar-refractivity contribution in [1.29, 1.82) is 5.41 Å². The number of Topliss-reactive ketones (excluding diaryl/α,β-unsaturated/α-hetero) is 1. The van der Waals surface area contributed by atoms with Crippen LogP contribution in [0.3, 0.4) is 0 Å². The van der Waals surface area contributed by atoms with E-state index in [1.165, 1.54) is 0 Å². The first-order valence-corrected chi connectivity index (χ1v) is 12.4. The Morgan fingerprint density at radius 2 is 1.77 bits per heavy atom. The third-order valence-electron chi connectivity index (χ3n) is 6.08. The Hall–Kier alpha value is -3.41. The number of carbonyl (C=O) groups is 2. The minimum atomic E-state index is -0.700. The van der Waals surface area contributed by atoms with Gasteiger partial charge in [-0.3, -0.25) is 15.0 Å². The molecule has 0 saturated heterocycles. The summed E-state index contributed by atoms with van der Waals surface area (Å²) in [6, 6.07) is 15.2. The molecule has 3 N–H and O–H groups in total. The SMILES string of the molecule is CCCOc1ccc(C(=O)NCc2ccc(CC3=CC(=N)NC(C)(CC(C)C)C(=O)C3)cc2)cc1. The zero-order chi connectivity index (χ0) is 25.4. The number of benzene rings is 2. The standard InChI is InChI=1S/C29H37N3O3/c1-5-14-35-25-12-10-24(11-13-25)28(34)31-19-22-8-6-21(7-9-22)15-23-16-26(33)29(4,18-20(2)3)32-27(30)17-23/h6-13,17,20H,5,14-16,18-19H2,1-4H3,(H2,30,32)(H,31,34). The van der Waals surface area contributed by atoms with E-state index in [9.17, 15) is 9.59 Å². The molecule has 1 heterocycles. The first-order valence-electron chi connectivity index (χ1n) is 12.4. The van der Waals surface area contributed by atoms with Gasteiger partial charge in [0.2, 0.25) is 0 Å². The number of rotatable bonds is 10. The Kier molecular flexibility index (Phi) is 8.85. The molecule has 2 aromatic carbocycles. The predicted octanol–water partition coefficient (Wildman–Crippen LogP) is 5.22. The topological polar surface area (TPSA) is 91.3 Å². The molecular weight excluding hydrogens is 438 g/mol. The van der Waals surface area contributed by atoms with Crippen molar-refractivity contribution in [2.24, 2.45) is 5.92 Å². The van der Waals surface area contributed by atoms with E-state index in [0.717, 1.165) is 28.9 Å². The second kappa shape index (κ2) is 11.8. The average molecular weight is 476 g/mol. The van der Waals surface area contributed by atoms with Crippen LogP contribution >= 0.6 is 0 Å². The number of nitrogens with one attached hydrogen (secondary N) is 3. The first-order chi connectivity index (χ1) is 16.7. The van der Waals surface area contributed by atoms with Crippen LogP contribution in [0.15, 0.2) is 60.2 Å². The zero-order valence-electron chi connectivity index (χ0n) is 21.2. The highest BCUT2D eigenvalue weighted by molar-refractivity contribution is 6.01. The zero-order valence-corrected chi connectivity index (χ0v) is 21.2. The summed E-state index contributed by atoms with van der Waals surface area (Å²) in [6.45, 7) is 9.22. The van der Waals surface area contributed by atoms with Gasteiger partial charge in [-0.1, -0.05) is 50.6 Å². The predicted molar refractivity (Wildman–Crippen MR) is 140 cm³/mol. The lowest BCUT2D eigenvalue weighted by molar-refractivity contribution is -0.124. The van der Waals surface area contributed by atoms with E-state index < -0.39 is 5.54 Å². The maximum Gasteiger partial charge on any atom is 0.251 e. The molecular formula is C29H37N3O3. The Labute approximate surface area is 208 Å². The van der Waals surface area contributed by atoms with Gasteiger partial charge in [0, 0.05) is 18.5 Å². The Morgan fingerprint density at radius 1 is 1.11 bits per heavy atom. The monoisotopic (exact) mass is 475 g/mol. The van der Waals surface area contributed by atoms with Gasteiger partial charge in [0.25, 0.3) is 5.91 Å². The number of hydrogen-bond donors (Lipinski definition) is 3. The molecule has 6 heteroatoms. The summed E-state index contributed by atoms with van der Waals surface area (Å²) in [5.41, 5.74) is 2.90. The summed E-state index contributed by atoms with van der Waals surface area (Å²) in [7, 11) is 0. The number of amides is 1. The summed E-state index contributed by atoms with van der Waals surface area (Å²) in [4.78, 5) is 25.4. The van der Waals surface area contributed by atoms with Crippen LogP contribution in [0, 0.1) is 11.3 Å². The molecule has 1 aliphatic rings. The number of carbonyl (C=O) groups excluding carboxylic acids is 2. The summed E-state index contributed by atoms with van der Waals surface area (Å²) in [5, 5.41) is 14.3. The molecule has 0 radical (unpaired) electrons. The van der Waals surface area contributed by atoms with Gasteiger partial charge >= 0.3 is 0 Å². The molecule has 3 rings (SSSR count). The van der Waals surface area contributed by atoms with Crippen LogP contribution in [0.1, 0.15) is 68.4 Å². The Bertz CT molecular complexity index is 1070. The summed E-state index contributed by atoms with van der Waals surface area (Å²) < 4.78 is 5.56. The molecule has 186 valence electrons. The van der Waals surface area contributed by atoms with Gasteiger partial charge in [0.05, 0.1) is 12.1 Å². The lowest BCUT2D eigenvalue weighted by Gasteiger charge is -2.30. The molecule has 0 fully saturated rings. The fourth-order valence-corrected chi connectivity index (χ4v) is 4.40. The molecule has 1 atom stereocenters. The average Bonchev–Trinajstić information content (AvgIpc) is 2.91. The van der Waals surface area contributed by atoms with E-state index in [4.69, 9.17) is 10.1 Å². The summed E-state index contributed by atoms with van der Waals surface area (Å²) >= 11 is 0. The van der Waals surface area contributed by atoms with Crippen molar-refractivity contribution in [3.8, 4) is 5.75 Å². The van der Waals surface area contributed by atoms with Gasteiger partial charge < -0.3 is 15.4 Å². The minimum absolute atomic E-state index is 0.129. The molecule has 0 spiro atoms. The highest BCUT2D eigenvalue weighted by Crippen LogP contribution is 2.25. The van der Waals surface area contributed by atoms with E-state index in [-0.39, 0.29) is 11.7 Å². The summed E-state index contributed by atoms with van der Waals surface area (Å²) in [6.07, 6.45) is 4.39. The van der Waals surface area contributed by atoms with Crippen molar-refractivity contribution < 1.29 is 14.3 Å². The lowest BCUT2D eigenvalue weighted by atomic mass is 9.84. The maximum atomic E-state index is 13.0. The van der Waals surface area contributed by atoms with Gasteiger partial charge in [0.15, 0.2) is 5.78 Å². The lowest BCUT2D eigenvalue weighted by Crippen LogP contribution is -2.51. The normalized spacial score (nSPS) is 18.0. The molecule has 0 aliphatic carbocycles. The van der Waals surface area contributed by atoms with Crippen LogP contribution in [0.4, 0.5) is 0 Å². The number of hydrogen-bond acceptors (Lipinski definition) is 4. The van der Waals surface area contributed by atoms with Crippen molar-refractivity contribution in [1.82, 2.24) is 10.6 Å². The molecule has 1 unspecified atom stereocenters. The van der Waals surface area contributed by atoms with Crippen LogP contribution in [0.25, 0.3) is 0 Å². The Balaban J connectivity index is 1.55. The third kappa shape index (κ3) is 7.54. The minimum Gasteiger partial charge on any atom is -0.494 e. The fraction of sp³-hybridized carbons (Fsp3) is 0.414. The van der Waals surface area contributed by atoms with E-state index >= 15 is 0 Å². The smallest absolute Gasteiger partial charge is 0.251 e. The molecule has 6 nitrogen and oxygen atoms in total. The van der Waals surface area contributed by atoms with E-state index in [2.05, 4.69) is 31.4 Å². The van der Waals surface area contributed by atoms with Gasteiger partial charge in [-0.15, -0.1) is 0 Å². The van der Waals surface area contributed by atoms with Crippen LogP contribution in [-0.4, -0.2) is 29.7 Å². The van der Waals surface area contributed by atoms with E-state index in [0.29, 0.717) is 49.7 Å². The number of ether oxygens (including phenoxy) is 1. The van der Waals surface area contributed by atoms with Crippen LogP contribution in [0.2, 0.25) is 0 Å².